The standard InChI is InChI=1S/C76H120O40/c1-26-38(82)44(88)49(93)64(103-26)111-56-51(95)58(61(98)99)113-69(60(56)115-65-50(94)45(89)42(86)33(21-77)106-65)108-37-13-14-72(6)35(73(37,7)25-79)12-15-75(9)36(72)11-10-29-30-20-71(4,5)16-18-76(30,19-17-74(29,75)8)70(100)116-68-59(46(90)39(83)27(2)104-68)114-66-53(97)57(54(28(3)105-66)109-62-47(91)40(84)31(80)23-101-62)112-67-52(96)55(43(87)34(22-78)107-67)110-63-48(92)41(85)32(81)24-102-63/h10,25-28,30-60,62-69,77-78,80-97H,11-24H2,1-9H3,(H,98,99). The lowest BCUT2D eigenvalue weighted by atomic mass is 9.33. The number of aliphatic hydroxyl groups excluding tert-OH is 20. The number of hydrogen-bond acceptors (Lipinski definition) is 39. The average molecular weight is 1670 g/mol. The van der Waals surface area contributed by atoms with Gasteiger partial charge in [0.15, 0.2) is 56.2 Å². The number of aliphatic carboxylic acids is 1. The molecule has 8 heterocycles. The molecule has 8 saturated heterocycles. The molecule has 4 saturated carbocycles. The molecule has 664 valence electrons. The second-order valence-corrected chi connectivity index (χ2v) is 36.3. The third-order valence-corrected chi connectivity index (χ3v) is 28.9. The van der Waals surface area contributed by atoms with Crippen LogP contribution in [0.1, 0.15) is 127 Å². The number of esters is 1. The van der Waals surface area contributed by atoms with Gasteiger partial charge in [0.05, 0.1) is 61.7 Å². The lowest BCUT2D eigenvalue weighted by Crippen LogP contribution is -2.69. The molecule has 0 aromatic carbocycles. The minimum Gasteiger partial charge on any atom is -0.479 e. The molecule has 47 atom stereocenters. The van der Waals surface area contributed by atoms with Gasteiger partial charge >= 0.3 is 11.9 Å². The summed E-state index contributed by atoms with van der Waals surface area (Å²) in [5.74, 6) is -3.56. The third-order valence-electron chi connectivity index (χ3n) is 28.9. The molecule has 0 aromatic rings. The molecule has 13 aliphatic rings. The highest BCUT2D eigenvalue weighted by atomic mass is 16.8. The van der Waals surface area contributed by atoms with E-state index in [0.717, 1.165) is 11.9 Å². The minimum atomic E-state index is -2.23. The van der Waals surface area contributed by atoms with E-state index < -0.39 is 317 Å². The van der Waals surface area contributed by atoms with E-state index in [1.165, 1.54) is 20.8 Å². The fraction of sp³-hybridized carbons (Fsp3) is 0.934. The Hall–Kier alpha value is -3.05. The fourth-order valence-electron chi connectivity index (χ4n) is 21.6. The van der Waals surface area contributed by atoms with Crippen LogP contribution in [0.3, 0.4) is 0 Å². The number of carboxylic acids is 1. The van der Waals surface area contributed by atoms with Crippen molar-refractivity contribution in [1.29, 1.82) is 0 Å². The molecule has 12 fully saturated rings. The van der Waals surface area contributed by atoms with E-state index >= 15 is 4.79 Å². The molecule has 0 aromatic heterocycles. The van der Waals surface area contributed by atoms with Gasteiger partial charge in [-0.15, -0.1) is 0 Å². The van der Waals surface area contributed by atoms with Gasteiger partial charge in [0.25, 0.3) is 0 Å². The maximum atomic E-state index is 16.0. The lowest BCUT2D eigenvalue weighted by Gasteiger charge is -2.71. The van der Waals surface area contributed by atoms with Crippen molar-refractivity contribution in [2.24, 2.45) is 50.2 Å². The van der Waals surface area contributed by atoms with Gasteiger partial charge in [0, 0.05) is 0 Å². The van der Waals surface area contributed by atoms with Crippen LogP contribution in [0.25, 0.3) is 0 Å². The van der Waals surface area contributed by atoms with E-state index in [2.05, 4.69) is 40.7 Å². The molecule has 0 amide bonds. The van der Waals surface area contributed by atoms with Crippen molar-refractivity contribution in [2.45, 2.75) is 366 Å². The number of fused-ring (bicyclic) bond motifs is 7. The Labute approximate surface area is 667 Å². The van der Waals surface area contributed by atoms with Gasteiger partial charge in [0.1, 0.15) is 159 Å². The summed E-state index contributed by atoms with van der Waals surface area (Å²) < 4.78 is 97.3. The summed E-state index contributed by atoms with van der Waals surface area (Å²) in [7, 11) is 0. The number of carboxylic acid groups (broad SMARTS) is 1. The lowest BCUT2D eigenvalue weighted by molar-refractivity contribution is -0.399. The smallest absolute Gasteiger partial charge is 0.335 e. The average Bonchev–Trinajstić information content (AvgIpc) is 0.672. The predicted octanol–water partition coefficient (Wildman–Crippen LogP) is -7.11. The predicted molar refractivity (Wildman–Crippen MR) is 378 cm³/mol. The van der Waals surface area contributed by atoms with E-state index in [-0.39, 0.29) is 24.2 Å². The molecule has 40 nitrogen and oxygen atoms in total. The monoisotopic (exact) mass is 1670 g/mol. The summed E-state index contributed by atoms with van der Waals surface area (Å²) in [6, 6.07) is 0. The second-order valence-electron chi connectivity index (χ2n) is 36.3. The van der Waals surface area contributed by atoms with Crippen molar-refractivity contribution in [2.75, 3.05) is 26.4 Å². The van der Waals surface area contributed by atoms with Gasteiger partial charge in [-0.25, -0.2) is 4.79 Å². The molecule has 0 spiro atoms. The first-order valence-electron chi connectivity index (χ1n) is 40.3. The molecule has 47 unspecified atom stereocenters. The topological polar surface area (TPSA) is 624 Å². The number of allylic oxidation sites excluding steroid dienone is 2. The largest absolute Gasteiger partial charge is 0.479 e. The maximum Gasteiger partial charge on any atom is 0.335 e. The van der Waals surface area contributed by atoms with Crippen LogP contribution < -0.4 is 0 Å². The molecular formula is C76H120O40. The molecule has 21 N–H and O–H groups in total. The Kier molecular flexibility index (Phi) is 26.9. The Balaban J connectivity index is 0.761. The highest BCUT2D eigenvalue weighted by Gasteiger charge is 2.72. The van der Waals surface area contributed by atoms with Crippen molar-refractivity contribution < 1.29 is 197 Å². The minimum absolute atomic E-state index is 0.114. The zero-order chi connectivity index (χ0) is 84.6. The summed E-state index contributed by atoms with van der Waals surface area (Å²) >= 11 is 0. The number of carbonyl (C=O) groups excluding carboxylic acids is 2. The van der Waals surface area contributed by atoms with Gasteiger partial charge < -0.3 is 188 Å². The zero-order valence-corrected chi connectivity index (χ0v) is 66.0. The van der Waals surface area contributed by atoms with Crippen LogP contribution in [0.4, 0.5) is 0 Å². The number of carbonyl (C=O) groups is 3. The molecule has 0 radical (unpaired) electrons. The fourth-order valence-corrected chi connectivity index (χ4v) is 21.6. The van der Waals surface area contributed by atoms with Crippen molar-refractivity contribution in [1.82, 2.24) is 0 Å². The highest BCUT2D eigenvalue weighted by Crippen LogP contribution is 2.76. The van der Waals surface area contributed by atoms with E-state index in [1.807, 2.05) is 0 Å². The van der Waals surface area contributed by atoms with E-state index in [9.17, 15) is 117 Å². The van der Waals surface area contributed by atoms with Gasteiger partial charge in [-0.2, -0.15) is 0 Å². The molecule has 40 heteroatoms. The van der Waals surface area contributed by atoms with Gasteiger partial charge in [0.2, 0.25) is 6.29 Å². The SMILES string of the molecule is CC1OC(OC2C(O)C(C(=O)O)OC(OC3CCC4(C)C(CCC5(C)C4CC=C4C6CC(C)(C)CCC6(C(=O)OC6OC(C)C(O)C(O)C6OC6OC(C)C(OC7OCC(O)C(O)C7O)C(OC7OC(CO)C(O)C(OC8OCC(O)C(O)C8O)C7O)C6O)CCC45C)C3(C)C=O)C2OC2OC(CO)C(O)C(O)C2O)C(O)C(O)C1O. The summed E-state index contributed by atoms with van der Waals surface area (Å²) in [6.45, 7) is 13.7. The van der Waals surface area contributed by atoms with Gasteiger partial charge in [-0.3, -0.25) is 4.79 Å². The van der Waals surface area contributed by atoms with E-state index in [1.54, 1.807) is 6.92 Å². The summed E-state index contributed by atoms with van der Waals surface area (Å²) in [4.78, 5) is 43.5. The third kappa shape index (κ3) is 15.8. The number of aldehydes is 1. The number of rotatable bonds is 20. The first-order valence-corrected chi connectivity index (χ1v) is 40.3. The summed E-state index contributed by atoms with van der Waals surface area (Å²) in [6.07, 6.45) is -64.3. The number of hydrogen-bond donors (Lipinski definition) is 21. The van der Waals surface area contributed by atoms with E-state index in [4.69, 9.17) is 75.8 Å². The maximum absolute atomic E-state index is 16.0. The van der Waals surface area contributed by atoms with Crippen molar-refractivity contribution in [3.8, 4) is 0 Å². The van der Waals surface area contributed by atoms with Crippen LogP contribution in [0.5, 0.6) is 0 Å². The van der Waals surface area contributed by atoms with Crippen molar-refractivity contribution >= 4 is 18.2 Å². The van der Waals surface area contributed by atoms with Gasteiger partial charge in [-0.05, 0) is 124 Å². The van der Waals surface area contributed by atoms with Crippen LogP contribution in [0, 0.1) is 50.2 Å². The first kappa shape index (κ1) is 90.7. The Morgan fingerprint density at radius 3 is 1.52 bits per heavy atom. The normalized spacial score (nSPS) is 55.0. The number of ether oxygens (including phenoxy) is 16. The summed E-state index contributed by atoms with van der Waals surface area (Å²) in [5.41, 5.74) is -3.85. The van der Waals surface area contributed by atoms with Crippen LogP contribution in [-0.2, 0) is 90.2 Å². The first-order chi connectivity index (χ1) is 54.5. The molecule has 13 rings (SSSR count). The Bertz CT molecular complexity index is 3420. The highest BCUT2D eigenvalue weighted by molar-refractivity contribution is 5.79. The van der Waals surface area contributed by atoms with Crippen LogP contribution in [0.2, 0.25) is 0 Å². The van der Waals surface area contributed by atoms with Crippen LogP contribution in [0.15, 0.2) is 11.6 Å². The zero-order valence-electron chi connectivity index (χ0n) is 66.0. The number of aliphatic hydroxyl groups is 20. The van der Waals surface area contributed by atoms with Crippen molar-refractivity contribution in [3.05, 3.63) is 11.6 Å². The van der Waals surface area contributed by atoms with E-state index in [0.29, 0.717) is 51.4 Å². The Morgan fingerprint density at radius 1 is 0.440 bits per heavy atom. The molecule has 5 aliphatic carbocycles. The second kappa shape index (κ2) is 34.5. The van der Waals surface area contributed by atoms with Crippen LogP contribution >= 0.6 is 0 Å². The molecule has 116 heavy (non-hydrogen) atoms. The van der Waals surface area contributed by atoms with Gasteiger partial charge in [-0.1, -0.05) is 53.2 Å². The summed E-state index contributed by atoms with van der Waals surface area (Å²) in [5, 5.41) is 232. The molecule has 8 aliphatic heterocycles. The molecule has 0 bridgehead atoms. The van der Waals surface area contributed by atoms with Crippen molar-refractivity contribution in [3.63, 3.8) is 0 Å². The molecular weight excluding hydrogens is 1550 g/mol. The Morgan fingerprint density at radius 2 is 0.922 bits per heavy atom. The quantitative estimate of drug-likeness (QED) is 0.0233. The van der Waals surface area contributed by atoms with Crippen LogP contribution in [-0.4, -0.2) is 391 Å².